The minimum Gasteiger partial charge on any atom is -0.362 e. The predicted molar refractivity (Wildman–Crippen MR) is 114 cm³/mol. The molecular weight excluding hydrogens is 435 g/mol. The average molecular weight is 455 g/mol. The molecule has 0 bridgehead atoms. The molecule has 4 nitrogen and oxygen atoms in total. The Balaban J connectivity index is 1.80. The van der Waals surface area contributed by atoms with Gasteiger partial charge >= 0.3 is 0 Å². The zero-order valence-electron chi connectivity index (χ0n) is 15.9. The van der Waals surface area contributed by atoms with Gasteiger partial charge in [0.05, 0.1) is 0 Å². The van der Waals surface area contributed by atoms with Crippen molar-refractivity contribution in [2.75, 3.05) is 5.32 Å². The highest BCUT2D eigenvalue weighted by molar-refractivity contribution is 9.10. The monoisotopic (exact) mass is 454 g/mol. The Kier molecular flexibility index (Phi) is 5.37. The fourth-order valence-electron chi connectivity index (χ4n) is 4.04. The van der Waals surface area contributed by atoms with Crippen LogP contribution in [0.4, 0.5) is 10.1 Å². The Labute approximate surface area is 177 Å². The summed E-state index contributed by atoms with van der Waals surface area (Å²) >= 11 is 3.59. The largest absolute Gasteiger partial charge is 0.362 e. The minimum absolute atomic E-state index is 0.0686. The fraction of sp³-hybridized carbons (Fsp3) is 0.217. The molecule has 1 aliphatic carbocycles. The lowest BCUT2D eigenvalue weighted by atomic mass is 9.75. The molecule has 0 saturated carbocycles. The zero-order chi connectivity index (χ0) is 20.5. The Morgan fingerprint density at radius 2 is 1.86 bits per heavy atom. The molecule has 0 spiro atoms. The first-order valence-electron chi connectivity index (χ1n) is 9.51. The molecule has 0 fully saturated rings. The van der Waals surface area contributed by atoms with Crippen molar-refractivity contribution in [1.82, 2.24) is 5.32 Å². The molecule has 1 atom stereocenters. The molecule has 1 unspecified atom stereocenters. The standard InChI is InChI=1S/C23H20BrFN2O2/c1-13-20(23(29)27-15-11-9-14(25)10-12-15)21(16-5-2-3-6-17(16)24)22-18(26-13)7-4-8-19(22)28/h2-3,5-6,9-12,21,26H,4,7-8H2,1H3,(H,27,29). The summed E-state index contributed by atoms with van der Waals surface area (Å²) in [6, 6.07) is 13.3. The average Bonchev–Trinajstić information content (AvgIpc) is 2.69. The molecule has 1 amide bonds. The van der Waals surface area contributed by atoms with Crippen LogP contribution in [0.15, 0.2) is 75.5 Å². The Hall–Kier alpha value is -2.73. The van der Waals surface area contributed by atoms with Gasteiger partial charge in [0.1, 0.15) is 5.82 Å². The Bertz CT molecular complexity index is 1060. The molecule has 1 heterocycles. The number of anilines is 1. The third kappa shape index (κ3) is 3.77. The maximum Gasteiger partial charge on any atom is 0.254 e. The van der Waals surface area contributed by atoms with Crippen LogP contribution in [0.3, 0.4) is 0 Å². The second kappa shape index (κ2) is 7.95. The smallest absolute Gasteiger partial charge is 0.254 e. The quantitative estimate of drug-likeness (QED) is 0.670. The molecular formula is C23H20BrFN2O2. The van der Waals surface area contributed by atoms with E-state index in [-0.39, 0.29) is 17.5 Å². The van der Waals surface area contributed by atoms with Gasteiger partial charge in [-0.15, -0.1) is 0 Å². The minimum atomic E-state index is -0.463. The number of ketones is 1. The van der Waals surface area contributed by atoms with E-state index in [9.17, 15) is 14.0 Å². The molecule has 0 radical (unpaired) electrons. The lowest BCUT2D eigenvalue weighted by Gasteiger charge is -2.35. The highest BCUT2D eigenvalue weighted by Gasteiger charge is 2.39. The summed E-state index contributed by atoms with van der Waals surface area (Å²) in [5, 5.41) is 6.14. The third-order valence-electron chi connectivity index (χ3n) is 5.34. The predicted octanol–water partition coefficient (Wildman–Crippen LogP) is 5.19. The normalized spacial score (nSPS) is 19.0. The number of halogens is 2. The number of allylic oxidation sites excluding steroid dienone is 3. The van der Waals surface area contributed by atoms with E-state index in [2.05, 4.69) is 26.6 Å². The summed E-state index contributed by atoms with van der Waals surface area (Å²) in [5.74, 6) is -1.08. The number of carbonyl (C=O) groups excluding carboxylic acids is 2. The van der Waals surface area contributed by atoms with Crippen LogP contribution in [0.5, 0.6) is 0 Å². The van der Waals surface area contributed by atoms with E-state index in [4.69, 9.17) is 0 Å². The van der Waals surface area contributed by atoms with Gasteiger partial charge in [-0.3, -0.25) is 9.59 Å². The fourth-order valence-corrected chi connectivity index (χ4v) is 4.55. The van der Waals surface area contributed by atoms with Gasteiger partial charge in [0, 0.05) is 45.0 Å². The number of rotatable bonds is 3. The molecule has 6 heteroatoms. The van der Waals surface area contributed by atoms with Crippen molar-refractivity contribution in [2.24, 2.45) is 0 Å². The van der Waals surface area contributed by atoms with Gasteiger partial charge in [0.15, 0.2) is 5.78 Å². The maximum atomic E-state index is 13.3. The number of nitrogens with one attached hydrogen (secondary N) is 2. The van der Waals surface area contributed by atoms with Gasteiger partial charge in [-0.1, -0.05) is 34.1 Å². The van der Waals surface area contributed by atoms with Crippen LogP contribution in [0.1, 0.15) is 37.7 Å². The van der Waals surface area contributed by atoms with Crippen molar-refractivity contribution < 1.29 is 14.0 Å². The molecule has 29 heavy (non-hydrogen) atoms. The number of dihydropyridines is 1. The van der Waals surface area contributed by atoms with E-state index in [0.29, 0.717) is 23.3 Å². The van der Waals surface area contributed by atoms with Crippen molar-refractivity contribution in [1.29, 1.82) is 0 Å². The van der Waals surface area contributed by atoms with Gasteiger partial charge in [0.25, 0.3) is 5.91 Å². The molecule has 0 aromatic heterocycles. The topological polar surface area (TPSA) is 58.2 Å². The summed E-state index contributed by atoms with van der Waals surface area (Å²) in [6.45, 7) is 1.85. The second-order valence-electron chi connectivity index (χ2n) is 7.25. The molecule has 0 saturated heterocycles. The summed E-state index contributed by atoms with van der Waals surface area (Å²) < 4.78 is 14.1. The second-order valence-corrected chi connectivity index (χ2v) is 8.10. The van der Waals surface area contributed by atoms with Gasteiger partial charge in [-0.2, -0.15) is 0 Å². The lowest BCUT2D eigenvalue weighted by Crippen LogP contribution is -2.35. The number of Topliss-reactive ketones (excluding diaryl/α,β-unsaturated/α-hetero) is 1. The number of carbonyl (C=O) groups is 2. The van der Waals surface area contributed by atoms with Gasteiger partial charge in [0.2, 0.25) is 0 Å². The number of amides is 1. The van der Waals surface area contributed by atoms with Gasteiger partial charge in [-0.05, 0) is 55.7 Å². The van der Waals surface area contributed by atoms with E-state index in [1.165, 1.54) is 24.3 Å². The zero-order valence-corrected chi connectivity index (χ0v) is 17.5. The van der Waals surface area contributed by atoms with Crippen LogP contribution < -0.4 is 10.6 Å². The van der Waals surface area contributed by atoms with Crippen LogP contribution >= 0.6 is 15.9 Å². The number of hydrogen-bond acceptors (Lipinski definition) is 3. The first kappa shape index (κ1) is 19.6. The first-order valence-corrected chi connectivity index (χ1v) is 10.3. The van der Waals surface area contributed by atoms with E-state index < -0.39 is 5.92 Å². The van der Waals surface area contributed by atoms with Crippen molar-refractivity contribution >= 4 is 33.3 Å². The summed E-state index contributed by atoms with van der Waals surface area (Å²) in [7, 11) is 0. The highest BCUT2D eigenvalue weighted by Crippen LogP contribution is 2.44. The van der Waals surface area contributed by atoms with Crippen LogP contribution in [0.25, 0.3) is 0 Å². The molecule has 2 aromatic rings. The Morgan fingerprint density at radius 3 is 2.59 bits per heavy atom. The van der Waals surface area contributed by atoms with E-state index in [1.54, 1.807) is 0 Å². The molecule has 148 valence electrons. The van der Waals surface area contributed by atoms with E-state index >= 15 is 0 Å². The first-order chi connectivity index (χ1) is 14.0. The van der Waals surface area contributed by atoms with Crippen LogP contribution in [0, 0.1) is 5.82 Å². The summed E-state index contributed by atoms with van der Waals surface area (Å²) in [5.41, 5.74) is 4.16. The maximum absolute atomic E-state index is 13.3. The van der Waals surface area contributed by atoms with Crippen molar-refractivity contribution in [2.45, 2.75) is 32.1 Å². The number of benzene rings is 2. The molecule has 2 aliphatic rings. The molecule has 1 aliphatic heterocycles. The van der Waals surface area contributed by atoms with Crippen LogP contribution in [0.2, 0.25) is 0 Å². The highest BCUT2D eigenvalue weighted by atomic mass is 79.9. The van der Waals surface area contributed by atoms with Gasteiger partial charge < -0.3 is 10.6 Å². The van der Waals surface area contributed by atoms with Crippen LogP contribution in [-0.2, 0) is 9.59 Å². The molecule has 2 aromatic carbocycles. The summed E-state index contributed by atoms with van der Waals surface area (Å²) in [4.78, 5) is 26.2. The lowest BCUT2D eigenvalue weighted by molar-refractivity contribution is -0.116. The molecule has 2 N–H and O–H groups in total. The van der Waals surface area contributed by atoms with E-state index in [0.717, 1.165) is 34.3 Å². The number of hydrogen-bond donors (Lipinski definition) is 2. The van der Waals surface area contributed by atoms with Gasteiger partial charge in [-0.25, -0.2) is 4.39 Å². The SMILES string of the molecule is CC1=C(C(=O)Nc2ccc(F)cc2)C(c2ccccc2Br)C2=C(CCCC2=O)N1. The molecule has 4 rings (SSSR count). The van der Waals surface area contributed by atoms with Crippen molar-refractivity contribution in [3.8, 4) is 0 Å². The van der Waals surface area contributed by atoms with Crippen molar-refractivity contribution in [3.63, 3.8) is 0 Å². The van der Waals surface area contributed by atoms with E-state index in [1.807, 2.05) is 31.2 Å². The van der Waals surface area contributed by atoms with Crippen LogP contribution in [-0.4, -0.2) is 11.7 Å². The Morgan fingerprint density at radius 1 is 1.14 bits per heavy atom. The summed E-state index contributed by atoms with van der Waals surface area (Å²) in [6.07, 6.45) is 2.07. The third-order valence-corrected chi connectivity index (χ3v) is 6.06. The van der Waals surface area contributed by atoms with Crippen molar-refractivity contribution in [3.05, 3.63) is 86.9 Å².